The van der Waals surface area contributed by atoms with Crippen molar-refractivity contribution < 1.29 is 0 Å². The second-order valence-corrected chi connectivity index (χ2v) is 6.36. The number of benzene rings is 1. The molecule has 3 aromatic rings. The number of rotatable bonds is 4. The van der Waals surface area contributed by atoms with Gasteiger partial charge in [-0.3, -0.25) is 0 Å². The lowest BCUT2D eigenvalue weighted by Crippen LogP contribution is -2.10. The number of aliphatic imine (C=N–C) groups is 2. The van der Waals surface area contributed by atoms with Crippen LogP contribution in [0.1, 0.15) is 9.75 Å². The van der Waals surface area contributed by atoms with E-state index in [0.717, 1.165) is 21.1 Å². The summed E-state index contributed by atoms with van der Waals surface area (Å²) < 4.78 is 0. The minimum Gasteiger partial charge on any atom is -0.383 e. The molecule has 0 fully saturated rings. The molecule has 0 saturated carbocycles. The molecule has 4 N–H and O–H groups in total. The van der Waals surface area contributed by atoms with Crippen LogP contribution in [-0.4, -0.2) is 11.7 Å². The Kier molecular flexibility index (Phi) is 4.32. The van der Waals surface area contributed by atoms with E-state index in [1.807, 2.05) is 59.3 Å². The Balaban J connectivity index is 1.79. The van der Waals surface area contributed by atoms with Crippen LogP contribution in [0, 0.1) is 0 Å². The van der Waals surface area contributed by atoms with Gasteiger partial charge in [0.05, 0.1) is 21.1 Å². The predicted octanol–water partition coefficient (Wildman–Crippen LogP) is 3.88. The van der Waals surface area contributed by atoms with Gasteiger partial charge in [-0.25, -0.2) is 9.98 Å². The topological polar surface area (TPSA) is 76.8 Å². The van der Waals surface area contributed by atoms with Crippen LogP contribution in [0.2, 0.25) is 0 Å². The van der Waals surface area contributed by atoms with Gasteiger partial charge in [-0.2, -0.15) is 0 Å². The normalized spacial score (nSPS) is 12.5. The van der Waals surface area contributed by atoms with Crippen molar-refractivity contribution in [1.29, 1.82) is 0 Å². The number of nitrogens with zero attached hydrogens (tertiary/aromatic N) is 2. The molecule has 0 radical (unpaired) electrons. The van der Waals surface area contributed by atoms with Gasteiger partial charge in [-0.15, -0.1) is 22.7 Å². The Morgan fingerprint density at radius 1 is 0.682 bits per heavy atom. The maximum absolute atomic E-state index is 5.97. The van der Waals surface area contributed by atoms with Crippen molar-refractivity contribution in [3.63, 3.8) is 0 Å². The van der Waals surface area contributed by atoms with Crippen molar-refractivity contribution in [3.8, 4) is 0 Å². The van der Waals surface area contributed by atoms with Gasteiger partial charge in [0, 0.05) is 0 Å². The number of amidine groups is 2. The smallest absolute Gasteiger partial charge is 0.141 e. The summed E-state index contributed by atoms with van der Waals surface area (Å²) in [7, 11) is 0. The second-order valence-electron chi connectivity index (χ2n) is 4.47. The van der Waals surface area contributed by atoms with E-state index in [9.17, 15) is 0 Å². The molecule has 22 heavy (non-hydrogen) atoms. The van der Waals surface area contributed by atoms with E-state index in [1.54, 1.807) is 22.7 Å². The van der Waals surface area contributed by atoms with E-state index in [2.05, 4.69) is 9.98 Å². The van der Waals surface area contributed by atoms with Crippen LogP contribution in [0.15, 0.2) is 69.3 Å². The Morgan fingerprint density at radius 2 is 1.09 bits per heavy atom. The highest BCUT2D eigenvalue weighted by molar-refractivity contribution is 7.12. The molecule has 0 atom stereocenters. The third kappa shape index (κ3) is 3.41. The van der Waals surface area contributed by atoms with Crippen molar-refractivity contribution in [2.24, 2.45) is 21.5 Å². The Hall–Kier alpha value is -2.44. The molecule has 110 valence electrons. The van der Waals surface area contributed by atoms with Gasteiger partial charge in [-0.1, -0.05) is 12.1 Å². The van der Waals surface area contributed by atoms with Gasteiger partial charge < -0.3 is 11.5 Å². The quantitative estimate of drug-likeness (QED) is 0.564. The van der Waals surface area contributed by atoms with E-state index < -0.39 is 0 Å². The highest BCUT2D eigenvalue weighted by Gasteiger charge is 2.01. The zero-order valence-corrected chi connectivity index (χ0v) is 13.3. The van der Waals surface area contributed by atoms with Crippen LogP contribution in [0.25, 0.3) is 0 Å². The number of thiophene rings is 2. The maximum Gasteiger partial charge on any atom is 0.141 e. The van der Waals surface area contributed by atoms with Crippen LogP contribution >= 0.6 is 22.7 Å². The van der Waals surface area contributed by atoms with Crippen molar-refractivity contribution in [2.45, 2.75) is 0 Å². The van der Waals surface area contributed by atoms with Crippen molar-refractivity contribution in [2.75, 3.05) is 0 Å². The SMILES string of the molecule is NC(=Nc1ccc(N=C(N)c2cccs2)cc1)c1cccs1. The van der Waals surface area contributed by atoms with Gasteiger partial charge in [0.15, 0.2) is 0 Å². The van der Waals surface area contributed by atoms with Crippen LogP contribution in [-0.2, 0) is 0 Å². The summed E-state index contributed by atoms with van der Waals surface area (Å²) >= 11 is 3.13. The zero-order chi connectivity index (χ0) is 15.4. The third-order valence-corrected chi connectivity index (χ3v) is 4.68. The fraction of sp³-hybridized carbons (Fsp3) is 0. The van der Waals surface area contributed by atoms with E-state index in [-0.39, 0.29) is 0 Å². The Bertz CT molecular complexity index is 716. The fourth-order valence-corrected chi connectivity index (χ4v) is 3.09. The Morgan fingerprint density at radius 3 is 1.41 bits per heavy atom. The molecule has 1 aromatic carbocycles. The van der Waals surface area contributed by atoms with E-state index in [4.69, 9.17) is 11.5 Å². The molecule has 0 bridgehead atoms. The van der Waals surface area contributed by atoms with E-state index in [0.29, 0.717) is 11.7 Å². The van der Waals surface area contributed by atoms with Gasteiger partial charge in [-0.05, 0) is 47.2 Å². The first kappa shape index (κ1) is 14.5. The van der Waals surface area contributed by atoms with Crippen LogP contribution < -0.4 is 11.5 Å². The molecule has 0 aliphatic carbocycles. The van der Waals surface area contributed by atoms with Crippen molar-refractivity contribution in [1.82, 2.24) is 0 Å². The summed E-state index contributed by atoms with van der Waals surface area (Å²) in [6.07, 6.45) is 0. The minimum absolute atomic E-state index is 0.518. The van der Waals surface area contributed by atoms with Crippen LogP contribution in [0.3, 0.4) is 0 Å². The molecule has 0 aliphatic rings. The average Bonchev–Trinajstić information content (AvgIpc) is 3.23. The molecule has 0 spiro atoms. The first-order valence-electron chi connectivity index (χ1n) is 6.58. The molecule has 0 aliphatic heterocycles. The molecule has 0 unspecified atom stereocenters. The minimum atomic E-state index is 0.518. The van der Waals surface area contributed by atoms with Gasteiger partial charge in [0.2, 0.25) is 0 Å². The molecular weight excluding hydrogens is 312 g/mol. The third-order valence-electron chi connectivity index (χ3n) is 2.90. The largest absolute Gasteiger partial charge is 0.383 e. The summed E-state index contributed by atoms with van der Waals surface area (Å²) in [6.45, 7) is 0. The molecule has 4 nitrogen and oxygen atoms in total. The summed E-state index contributed by atoms with van der Waals surface area (Å²) in [5, 5.41) is 3.95. The number of hydrogen-bond acceptors (Lipinski definition) is 4. The second kappa shape index (κ2) is 6.55. The molecule has 6 heteroatoms. The summed E-state index contributed by atoms with van der Waals surface area (Å²) in [4.78, 5) is 10.7. The summed E-state index contributed by atoms with van der Waals surface area (Å²) in [5.74, 6) is 1.04. The number of hydrogen-bond donors (Lipinski definition) is 2. The van der Waals surface area contributed by atoms with E-state index in [1.165, 1.54) is 0 Å². The fourth-order valence-electron chi connectivity index (χ4n) is 1.84. The lowest BCUT2D eigenvalue weighted by atomic mass is 10.3. The van der Waals surface area contributed by atoms with Gasteiger partial charge in [0.25, 0.3) is 0 Å². The van der Waals surface area contributed by atoms with Crippen molar-refractivity contribution in [3.05, 3.63) is 69.0 Å². The highest BCUT2D eigenvalue weighted by atomic mass is 32.1. The molecule has 0 amide bonds. The Labute approximate surface area is 136 Å². The number of nitrogens with two attached hydrogens (primary N) is 2. The molecule has 2 heterocycles. The average molecular weight is 326 g/mol. The van der Waals surface area contributed by atoms with Gasteiger partial charge >= 0.3 is 0 Å². The molecular formula is C16H14N4S2. The zero-order valence-electron chi connectivity index (χ0n) is 11.6. The molecule has 2 aromatic heterocycles. The predicted molar refractivity (Wildman–Crippen MR) is 95.8 cm³/mol. The molecule has 0 saturated heterocycles. The standard InChI is InChI=1S/C16H14N4S2/c17-15(13-3-1-9-21-13)19-11-5-7-12(8-6-11)20-16(18)14-4-2-10-22-14/h1-10H,(H2,17,19)(H2,18,20). The first-order chi connectivity index (χ1) is 10.7. The van der Waals surface area contributed by atoms with Crippen LogP contribution in [0.4, 0.5) is 11.4 Å². The lowest BCUT2D eigenvalue weighted by Gasteiger charge is -2.00. The van der Waals surface area contributed by atoms with E-state index >= 15 is 0 Å². The summed E-state index contributed by atoms with van der Waals surface area (Å²) in [5.41, 5.74) is 13.5. The first-order valence-corrected chi connectivity index (χ1v) is 8.34. The monoisotopic (exact) mass is 326 g/mol. The lowest BCUT2D eigenvalue weighted by molar-refractivity contribution is 1.43. The van der Waals surface area contributed by atoms with Crippen LogP contribution in [0.5, 0.6) is 0 Å². The highest BCUT2D eigenvalue weighted by Crippen LogP contribution is 2.21. The summed E-state index contributed by atoms with van der Waals surface area (Å²) in [6, 6.07) is 15.3. The maximum atomic E-state index is 5.97. The molecule has 3 rings (SSSR count). The van der Waals surface area contributed by atoms with Crippen molar-refractivity contribution >= 4 is 45.7 Å². The van der Waals surface area contributed by atoms with Gasteiger partial charge in [0.1, 0.15) is 11.7 Å².